The molecule has 1 aliphatic heterocycles. The second-order valence-electron chi connectivity index (χ2n) is 7.33. The molecule has 4 rings (SSSR count). The Balaban J connectivity index is 1.38. The van der Waals surface area contributed by atoms with E-state index in [0.29, 0.717) is 28.4 Å². The molecule has 3 atom stereocenters. The first-order chi connectivity index (χ1) is 10.6. The predicted octanol–water partition coefficient (Wildman–Crippen LogP) is 2.62. The fraction of sp³-hybridized carbons (Fsp3) is 0.812. The first-order valence-corrected chi connectivity index (χ1v) is 8.94. The van der Waals surface area contributed by atoms with Gasteiger partial charge in [-0.15, -0.1) is 0 Å². The van der Waals surface area contributed by atoms with Crippen molar-refractivity contribution in [2.24, 2.45) is 24.8 Å². The van der Waals surface area contributed by atoms with E-state index in [9.17, 15) is 4.79 Å². The van der Waals surface area contributed by atoms with Gasteiger partial charge in [0, 0.05) is 32.0 Å². The first-order valence-electron chi connectivity index (χ1n) is 8.53. The summed E-state index contributed by atoms with van der Waals surface area (Å²) in [6, 6.07) is 0. The minimum atomic E-state index is 0.330. The molecular formula is C16H24N4OS. The second kappa shape index (κ2) is 5.48. The van der Waals surface area contributed by atoms with Crippen LogP contribution in [0.3, 0.4) is 0 Å². The molecule has 1 N–H and O–H groups in total. The first kappa shape index (κ1) is 14.4. The summed E-state index contributed by atoms with van der Waals surface area (Å²) in [6.07, 6.45) is 7.09. The molecule has 2 saturated carbocycles. The number of aromatic amines is 1. The lowest BCUT2D eigenvalue weighted by Crippen LogP contribution is -2.43. The summed E-state index contributed by atoms with van der Waals surface area (Å²) in [5.41, 5.74) is 0. The third kappa shape index (κ3) is 2.32. The highest BCUT2D eigenvalue weighted by Gasteiger charge is 2.44. The molecule has 0 radical (unpaired) electrons. The Morgan fingerprint density at radius 3 is 2.55 bits per heavy atom. The van der Waals surface area contributed by atoms with Gasteiger partial charge in [0.25, 0.3) is 0 Å². The molecule has 1 aromatic rings. The number of amides is 1. The van der Waals surface area contributed by atoms with Crippen LogP contribution in [0.5, 0.6) is 0 Å². The lowest BCUT2D eigenvalue weighted by molar-refractivity contribution is -0.138. The summed E-state index contributed by atoms with van der Waals surface area (Å²) < 4.78 is 2.64. The second-order valence-corrected chi connectivity index (χ2v) is 7.71. The van der Waals surface area contributed by atoms with Crippen molar-refractivity contribution in [3.05, 3.63) is 10.6 Å². The van der Waals surface area contributed by atoms with Crippen molar-refractivity contribution in [2.45, 2.75) is 44.4 Å². The van der Waals surface area contributed by atoms with E-state index < -0.39 is 0 Å². The van der Waals surface area contributed by atoms with Crippen LogP contribution in [0.2, 0.25) is 0 Å². The zero-order chi connectivity index (χ0) is 15.3. The fourth-order valence-corrected chi connectivity index (χ4v) is 5.00. The molecular weight excluding hydrogens is 296 g/mol. The van der Waals surface area contributed by atoms with Gasteiger partial charge in [0.05, 0.1) is 0 Å². The number of likely N-dealkylation sites (tertiary alicyclic amines) is 1. The van der Waals surface area contributed by atoms with Crippen LogP contribution in [0.15, 0.2) is 0 Å². The quantitative estimate of drug-likeness (QED) is 0.852. The van der Waals surface area contributed by atoms with Gasteiger partial charge in [-0.25, -0.2) is 0 Å². The van der Waals surface area contributed by atoms with Crippen LogP contribution < -0.4 is 0 Å². The van der Waals surface area contributed by atoms with Gasteiger partial charge in [0.1, 0.15) is 5.82 Å². The summed E-state index contributed by atoms with van der Waals surface area (Å²) in [5.74, 6) is 3.74. The molecule has 120 valence electrons. The number of hydrogen-bond donors (Lipinski definition) is 1. The van der Waals surface area contributed by atoms with Gasteiger partial charge in [-0.3, -0.25) is 9.89 Å². The van der Waals surface area contributed by atoms with E-state index in [0.717, 1.165) is 44.1 Å². The highest BCUT2D eigenvalue weighted by Crippen LogP contribution is 2.49. The lowest BCUT2D eigenvalue weighted by Gasteiger charge is -2.35. The topological polar surface area (TPSA) is 53.9 Å². The minimum Gasteiger partial charge on any atom is -0.342 e. The molecule has 2 aliphatic carbocycles. The van der Waals surface area contributed by atoms with Crippen LogP contribution in [-0.2, 0) is 11.8 Å². The number of H-pyrrole nitrogens is 1. The monoisotopic (exact) mass is 320 g/mol. The van der Waals surface area contributed by atoms with Crippen molar-refractivity contribution in [3.8, 4) is 0 Å². The van der Waals surface area contributed by atoms with E-state index >= 15 is 0 Å². The smallest absolute Gasteiger partial charge is 0.225 e. The largest absolute Gasteiger partial charge is 0.342 e. The van der Waals surface area contributed by atoms with E-state index in [2.05, 4.69) is 15.1 Å². The van der Waals surface area contributed by atoms with Crippen molar-refractivity contribution in [3.63, 3.8) is 0 Å². The summed E-state index contributed by atoms with van der Waals surface area (Å²) >= 11 is 5.19. The van der Waals surface area contributed by atoms with E-state index in [1.165, 1.54) is 19.3 Å². The molecule has 3 unspecified atom stereocenters. The van der Waals surface area contributed by atoms with Crippen LogP contribution in [0.1, 0.15) is 50.3 Å². The normalized spacial score (nSPS) is 31.9. The predicted molar refractivity (Wildman–Crippen MR) is 85.9 cm³/mol. The lowest BCUT2D eigenvalue weighted by atomic mass is 9.86. The molecule has 0 spiro atoms. The maximum absolute atomic E-state index is 12.8. The number of aromatic nitrogens is 3. The number of nitrogens with one attached hydrogen (secondary N) is 1. The molecule has 1 aromatic heterocycles. The van der Waals surface area contributed by atoms with Gasteiger partial charge in [0.15, 0.2) is 4.77 Å². The molecule has 5 nitrogen and oxygen atoms in total. The van der Waals surface area contributed by atoms with Crippen LogP contribution >= 0.6 is 12.2 Å². The number of hydrogen-bond acceptors (Lipinski definition) is 3. The van der Waals surface area contributed by atoms with Crippen molar-refractivity contribution in [2.75, 3.05) is 13.1 Å². The Morgan fingerprint density at radius 2 is 2.00 bits per heavy atom. The van der Waals surface area contributed by atoms with Gasteiger partial charge in [-0.05, 0) is 56.2 Å². The Hall–Kier alpha value is -1.17. The number of carbonyl (C=O) groups excluding carboxylic acids is 1. The average molecular weight is 320 g/mol. The third-order valence-corrected chi connectivity index (χ3v) is 6.51. The van der Waals surface area contributed by atoms with E-state index in [1.54, 1.807) is 0 Å². The number of fused-ring (bicyclic) bond motifs is 2. The molecule has 3 aliphatic rings. The maximum Gasteiger partial charge on any atom is 0.225 e. The maximum atomic E-state index is 12.8. The van der Waals surface area contributed by atoms with Crippen molar-refractivity contribution < 1.29 is 4.79 Å². The van der Waals surface area contributed by atoms with Gasteiger partial charge < -0.3 is 9.47 Å². The summed E-state index contributed by atoms with van der Waals surface area (Å²) in [6.45, 7) is 1.74. The van der Waals surface area contributed by atoms with Crippen LogP contribution in [-0.4, -0.2) is 38.7 Å². The number of carbonyl (C=O) groups is 1. The molecule has 22 heavy (non-hydrogen) atoms. The number of piperidine rings is 1. The Labute approximate surface area is 136 Å². The standard InChI is InChI=1S/C16H24N4OS/c1-19-14(17-18-16(19)22)11-4-6-20(7-5-11)15(21)13-9-10-2-3-12(13)8-10/h10-13H,2-9H2,1H3,(H,18,22). The van der Waals surface area contributed by atoms with Crippen molar-refractivity contribution in [1.82, 2.24) is 19.7 Å². The summed E-state index contributed by atoms with van der Waals surface area (Å²) in [5, 5.41) is 7.23. The van der Waals surface area contributed by atoms with Crippen molar-refractivity contribution in [1.29, 1.82) is 0 Å². The number of rotatable bonds is 2. The van der Waals surface area contributed by atoms with E-state index in [-0.39, 0.29) is 0 Å². The number of nitrogens with zero attached hydrogens (tertiary/aromatic N) is 3. The molecule has 2 heterocycles. The highest BCUT2D eigenvalue weighted by molar-refractivity contribution is 7.71. The Kier molecular flexibility index (Phi) is 3.59. The van der Waals surface area contributed by atoms with Crippen LogP contribution in [0, 0.1) is 22.5 Å². The molecule has 6 heteroatoms. The van der Waals surface area contributed by atoms with Gasteiger partial charge in [-0.2, -0.15) is 5.10 Å². The molecule has 3 fully saturated rings. The zero-order valence-electron chi connectivity index (χ0n) is 13.1. The van der Waals surface area contributed by atoms with Gasteiger partial charge in [0.2, 0.25) is 5.91 Å². The third-order valence-electron chi connectivity index (χ3n) is 6.14. The van der Waals surface area contributed by atoms with E-state index in [1.807, 2.05) is 11.6 Å². The van der Waals surface area contributed by atoms with Crippen LogP contribution in [0.25, 0.3) is 0 Å². The molecule has 1 saturated heterocycles. The molecule has 2 bridgehead atoms. The zero-order valence-corrected chi connectivity index (χ0v) is 13.9. The van der Waals surface area contributed by atoms with Crippen molar-refractivity contribution >= 4 is 18.1 Å². The van der Waals surface area contributed by atoms with Gasteiger partial charge >= 0.3 is 0 Å². The molecule has 1 amide bonds. The van der Waals surface area contributed by atoms with Crippen LogP contribution in [0.4, 0.5) is 0 Å². The Morgan fingerprint density at radius 1 is 1.23 bits per heavy atom. The summed E-state index contributed by atoms with van der Waals surface area (Å²) in [7, 11) is 1.97. The average Bonchev–Trinajstić information content (AvgIpc) is 3.24. The van der Waals surface area contributed by atoms with E-state index in [4.69, 9.17) is 12.2 Å². The Bertz CT molecular complexity index is 628. The minimum absolute atomic E-state index is 0.330. The SMILES string of the molecule is Cn1c(C2CCN(C(=O)C3CC4CCC3C4)CC2)n[nH]c1=S. The fourth-order valence-electron chi connectivity index (χ4n) is 4.86. The summed E-state index contributed by atoms with van der Waals surface area (Å²) in [4.78, 5) is 14.9. The molecule has 0 aromatic carbocycles. The highest BCUT2D eigenvalue weighted by atomic mass is 32.1. The van der Waals surface area contributed by atoms with Gasteiger partial charge in [-0.1, -0.05) is 6.42 Å².